The summed E-state index contributed by atoms with van der Waals surface area (Å²) in [5.41, 5.74) is 3.28. The maximum Gasteiger partial charge on any atom is 0.317 e. The number of carbonyl (C=O) groups excluding carboxylic acids is 2. The van der Waals surface area contributed by atoms with Crippen molar-refractivity contribution in [3.8, 4) is 0 Å². The van der Waals surface area contributed by atoms with Crippen molar-refractivity contribution in [2.75, 3.05) is 26.7 Å². The van der Waals surface area contributed by atoms with Gasteiger partial charge in [0.25, 0.3) is 0 Å². The first-order valence-corrected chi connectivity index (χ1v) is 8.78. The molecule has 7 heteroatoms. The number of fused-ring (bicyclic) bond motifs is 1. The lowest BCUT2D eigenvalue weighted by Gasteiger charge is -2.32. The number of hydrogen-bond acceptors (Lipinski definition) is 3. The number of H-pyrrole nitrogens is 1. The highest BCUT2D eigenvalue weighted by atomic mass is 16.2. The number of imidazole rings is 1. The number of likely N-dealkylation sites (N-methyl/N-ethyl adjacent to an activating group) is 1. The van der Waals surface area contributed by atoms with Gasteiger partial charge in [-0.25, -0.2) is 9.78 Å². The first-order valence-electron chi connectivity index (χ1n) is 8.78. The molecule has 7 nitrogen and oxygen atoms in total. The normalized spacial score (nSPS) is 21.8. The number of benzene rings is 1. The molecule has 132 valence electrons. The van der Waals surface area contributed by atoms with Crippen molar-refractivity contribution in [1.82, 2.24) is 25.1 Å². The highest BCUT2D eigenvalue weighted by Crippen LogP contribution is 2.29. The molecule has 0 radical (unpaired) electrons. The number of aromatic amines is 1. The molecule has 2 aliphatic rings. The number of nitrogens with zero attached hydrogens (tertiary/aromatic N) is 3. The lowest BCUT2D eigenvalue weighted by molar-refractivity contribution is -0.133. The number of nitrogens with one attached hydrogen (secondary N) is 2. The summed E-state index contributed by atoms with van der Waals surface area (Å²) in [6.07, 6.45) is 1.78. The van der Waals surface area contributed by atoms with Gasteiger partial charge in [-0.15, -0.1) is 0 Å². The van der Waals surface area contributed by atoms with Crippen LogP contribution in [0.3, 0.4) is 0 Å². The molecule has 25 heavy (non-hydrogen) atoms. The van der Waals surface area contributed by atoms with Gasteiger partial charge in [-0.1, -0.05) is 12.1 Å². The third-order valence-corrected chi connectivity index (χ3v) is 5.33. The highest BCUT2D eigenvalue weighted by Gasteiger charge is 2.35. The third kappa shape index (κ3) is 2.83. The summed E-state index contributed by atoms with van der Waals surface area (Å²) >= 11 is 0. The Labute approximate surface area is 146 Å². The molecule has 2 aliphatic heterocycles. The van der Waals surface area contributed by atoms with E-state index in [2.05, 4.69) is 29.4 Å². The van der Waals surface area contributed by atoms with Gasteiger partial charge in [0.2, 0.25) is 5.91 Å². The molecule has 1 unspecified atom stereocenters. The monoisotopic (exact) mass is 341 g/mol. The predicted octanol–water partition coefficient (Wildman–Crippen LogP) is 1.60. The molecule has 0 bridgehead atoms. The van der Waals surface area contributed by atoms with Gasteiger partial charge < -0.3 is 20.1 Å². The zero-order chi connectivity index (χ0) is 17.6. The lowest BCUT2D eigenvalue weighted by Crippen LogP contribution is -2.48. The summed E-state index contributed by atoms with van der Waals surface area (Å²) in [6.45, 7) is 3.92. The standard InChI is InChI=1S/C18H23N5O2/c1-11-4-3-5-13-15(11)21-16(19-13)12-6-8-23(9-7-12)17(24)14-10-22(2)18(25)20-14/h3-5,12,14H,6-10H2,1-2H3,(H,19,21)(H,20,25). The van der Waals surface area contributed by atoms with Crippen LogP contribution in [0.1, 0.15) is 30.1 Å². The van der Waals surface area contributed by atoms with Crippen LogP contribution in [0, 0.1) is 6.92 Å². The lowest BCUT2D eigenvalue weighted by atomic mass is 9.95. The van der Waals surface area contributed by atoms with Gasteiger partial charge in [-0.3, -0.25) is 4.79 Å². The molecular formula is C18H23N5O2. The van der Waals surface area contributed by atoms with Crippen LogP contribution in [0.15, 0.2) is 18.2 Å². The molecule has 2 N–H and O–H groups in total. The van der Waals surface area contributed by atoms with E-state index in [0.717, 1.165) is 29.7 Å². The van der Waals surface area contributed by atoms with Crippen LogP contribution in [0.5, 0.6) is 0 Å². The minimum atomic E-state index is -0.414. The van der Waals surface area contributed by atoms with Crippen molar-refractivity contribution in [1.29, 1.82) is 0 Å². The Hall–Kier alpha value is -2.57. The summed E-state index contributed by atoms with van der Waals surface area (Å²) in [5, 5.41) is 2.74. The second-order valence-electron chi connectivity index (χ2n) is 7.08. The zero-order valence-corrected chi connectivity index (χ0v) is 14.6. The van der Waals surface area contributed by atoms with E-state index in [0.29, 0.717) is 25.6 Å². The first-order chi connectivity index (χ1) is 12.0. The molecule has 1 aromatic carbocycles. The molecule has 0 aliphatic carbocycles. The molecule has 0 saturated carbocycles. The summed E-state index contributed by atoms with van der Waals surface area (Å²) in [5.74, 6) is 1.39. The Morgan fingerprint density at radius 1 is 1.28 bits per heavy atom. The minimum Gasteiger partial charge on any atom is -0.342 e. The van der Waals surface area contributed by atoms with Crippen LogP contribution in [-0.2, 0) is 4.79 Å². The summed E-state index contributed by atoms with van der Waals surface area (Å²) in [6, 6.07) is 5.57. The van der Waals surface area contributed by atoms with Gasteiger partial charge in [-0.05, 0) is 31.4 Å². The van der Waals surface area contributed by atoms with E-state index in [1.54, 1.807) is 11.9 Å². The van der Waals surface area contributed by atoms with Crippen molar-refractivity contribution in [3.05, 3.63) is 29.6 Å². The Morgan fingerprint density at radius 3 is 2.68 bits per heavy atom. The number of hydrogen-bond donors (Lipinski definition) is 2. The van der Waals surface area contributed by atoms with Crippen LogP contribution >= 0.6 is 0 Å². The maximum absolute atomic E-state index is 12.6. The van der Waals surface area contributed by atoms with Gasteiger partial charge in [0.15, 0.2) is 0 Å². The molecule has 0 spiro atoms. The molecule has 2 saturated heterocycles. The molecule has 2 fully saturated rings. The number of aryl methyl sites for hydroxylation is 1. The third-order valence-electron chi connectivity index (χ3n) is 5.33. The van der Waals surface area contributed by atoms with Crippen LogP contribution < -0.4 is 5.32 Å². The van der Waals surface area contributed by atoms with Crippen LogP contribution in [-0.4, -0.2) is 64.4 Å². The highest BCUT2D eigenvalue weighted by molar-refractivity contribution is 5.90. The largest absolute Gasteiger partial charge is 0.342 e. The van der Waals surface area contributed by atoms with Crippen molar-refractivity contribution >= 4 is 23.0 Å². The van der Waals surface area contributed by atoms with Gasteiger partial charge >= 0.3 is 6.03 Å². The predicted molar refractivity (Wildman–Crippen MR) is 94.3 cm³/mol. The smallest absolute Gasteiger partial charge is 0.317 e. The molecular weight excluding hydrogens is 318 g/mol. The minimum absolute atomic E-state index is 0.0246. The van der Waals surface area contributed by atoms with Gasteiger partial charge in [0, 0.05) is 26.1 Å². The summed E-state index contributed by atoms with van der Waals surface area (Å²) < 4.78 is 0. The number of aromatic nitrogens is 2. The van der Waals surface area contributed by atoms with Gasteiger partial charge in [-0.2, -0.15) is 0 Å². The SMILES string of the molecule is Cc1cccc2[nH]c(C3CCN(C(=O)C4CN(C)C(=O)N4)CC3)nc12. The molecule has 3 heterocycles. The van der Waals surface area contributed by atoms with E-state index in [1.165, 1.54) is 5.56 Å². The summed E-state index contributed by atoms with van der Waals surface area (Å²) in [7, 11) is 1.71. The maximum atomic E-state index is 12.6. The van der Waals surface area contributed by atoms with Gasteiger partial charge in [0.05, 0.1) is 17.6 Å². The fourth-order valence-corrected chi connectivity index (χ4v) is 3.78. The Kier molecular flexibility index (Phi) is 3.86. The van der Waals surface area contributed by atoms with Gasteiger partial charge in [0.1, 0.15) is 11.9 Å². The van der Waals surface area contributed by atoms with E-state index >= 15 is 0 Å². The molecule has 4 rings (SSSR count). The topological polar surface area (TPSA) is 81.3 Å². The van der Waals surface area contributed by atoms with Crippen molar-refractivity contribution in [3.63, 3.8) is 0 Å². The molecule has 3 amide bonds. The van der Waals surface area contributed by atoms with Crippen molar-refractivity contribution < 1.29 is 9.59 Å². The molecule has 2 aromatic rings. The van der Waals surface area contributed by atoms with Crippen LogP contribution in [0.4, 0.5) is 4.79 Å². The zero-order valence-electron chi connectivity index (χ0n) is 14.6. The summed E-state index contributed by atoms with van der Waals surface area (Å²) in [4.78, 5) is 35.8. The number of piperidine rings is 1. The number of carbonyl (C=O) groups is 2. The van der Waals surface area contributed by atoms with Crippen LogP contribution in [0.2, 0.25) is 0 Å². The number of amides is 3. The number of likely N-dealkylation sites (tertiary alicyclic amines) is 1. The van der Waals surface area contributed by atoms with Crippen LogP contribution in [0.25, 0.3) is 11.0 Å². The first kappa shape index (κ1) is 15.9. The fourth-order valence-electron chi connectivity index (χ4n) is 3.78. The number of rotatable bonds is 2. The van der Waals surface area contributed by atoms with E-state index in [9.17, 15) is 9.59 Å². The van der Waals surface area contributed by atoms with E-state index in [4.69, 9.17) is 4.98 Å². The quantitative estimate of drug-likeness (QED) is 0.870. The second kappa shape index (κ2) is 6.06. The average molecular weight is 341 g/mol. The average Bonchev–Trinajstić information content (AvgIpc) is 3.19. The Balaban J connectivity index is 1.41. The van der Waals surface area contributed by atoms with E-state index < -0.39 is 6.04 Å². The van der Waals surface area contributed by atoms with Crippen molar-refractivity contribution in [2.45, 2.75) is 31.7 Å². The van der Waals surface area contributed by atoms with Crippen molar-refractivity contribution in [2.24, 2.45) is 0 Å². The second-order valence-corrected chi connectivity index (χ2v) is 7.08. The Bertz CT molecular complexity index is 822. The number of para-hydroxylation sites is 1. The molecule has 1 atom stereocenters. The fraction of sp³-hybridized carbons (Fsp3) is 0.500. The number of urea groups is 1. The Morgan fingerprint density at radius 2 is 2.04 bits per heavy atom. The van der Waals surface area contributed by atoms with E-state index in [1.807, 2.05) is 11.0 Å². The molecule has 1 aromatic heterocycles. The van der Waals surface area contributed by atoms with E-state index in [-0.39, 0.29) is 11.9 Å².